The van der Waals surface area contributed by atoms with Gasteiger partial charge in [0, 0.05) is 15.9 Å². The molecule has 0 bridgehead atoms. The van der Waals surface area contributed by atoms with E-state index in [2.05, 4.69) is 22.2 Å². The molecule has 0 radical (unpaired) electrons. The molecule has 27 heavy (non-hydrogen) atoms. The molecule has 2 heterocycles. The van der Waals surface area contributed by atoms with E-state index in [-0.39, 0.29) is 11.6 Å². The highest BCUT2D eigenvalue weighted by Crippen LogP contribution is 2.30. The smallest absolute Gasteiger partial charge is 0.259 e. The standard InChI is InChI=1S/C21H18ClN3OS/c1-13(15-8-5-9-16(22)10-15)23-12-19-24-20(26)17-11-18(27-21(17)25-19)14-6-3-2-4-7-14/h2-11,13,23H,12H2,1H3,(H,24,25,26)/t13-/m1/s1. The molecule has 4 aromatic rings. The Kier molecular flexibility index (Phi) is 5.07. The predicted octanol–water partition coefficient (Wildman–Crippen LogP) is 5.16. The van der Waals surface area contributed by atoms with Gasteiger partial charge in [0.05, 0.1) is 11.9 Å². The van der Waals surface area contributed by atoms with Crippen molar-refractivity contribution in [2.24, 2.45) is 0 Å². The lowest BCUT2D eigenvalue weighted by molar-refractivity contribution is 0.559. The average Bonchev–Trinajstić information content (AvgIpc) is 3.12. The molecule has 0 amide bonds. The number of nitrogens with one attached hydrogen (secondary N) is 2. The summed E-state index contributed by atoms with van der Waals surface area (Å²) < 4.78 is 0. The van der Waals surface area contributed by atoms with E-state index in [1.54, 1.807) is 0 Å². The van der Waals surface area contributed by atoms with Gasteiger partial charge in [-0.2, -0.15) is 0 Å². The highest BCUT2D eigenvalue weighted by atomic mass is 35.5. The third kappa shape index (κ3) is 3.95. The number of nitrogens with zero attached hydrogens (tertiary/aromatic N) is 1. The molecule has 2 aromatic carbocycles. The van der Waals surface area contributed by atoms with Crippen LogP contribution in [0.25, 0.3) is 20.7 Å². The van der Waals surface area contributed by atoms with Gasteiger partial charge < -0.3 is 10.3 Å². The summed E-state index contributed by atoms with van der Waals surface area (Å²) in [6.45, 7) is 2.53. The molecule has 2 N–H and O–H groups in total. The van der Waals surface area contributed by atoms with Crippen molar-refractivity contribution < 1.29 is 0 Å². The second-order valence-electron chi connectivity index (χ2n) is 6.37. The van der Waals surface area contributed by atoms with E-state index >= 15 is 0 Å². The summed E-state index contributed by atoms with van der Waals surface area (Å²) in [6, 6.07) is 19.8. The van der Waals surface area contributed by atoms with Crippen LogP contribution in [0, 0.1) is 0 Å². The highest BCUT2D eigenvalue weighted by molar-refractivity contribution is 7.21. The number of aromatic nitrogens is 2. The third-order valence-corrected chi connectivity index (χ3v) is 5.75. The summed E-state index contributed by atoms with van der Waals surface area (Å²) in [5, 5.41) is 4.73. The Bertz CT molecular complexity index is 1140. The molecular formula is C21H18ClN3OS. The van der Waals surface area contributed by atoms with Gasteiger partial charge in [0.1, 0.15) is 10.7 Å². The van der Waals surface area contributed by atoms with Crippen LogP contribution >= 0.6 is 22.9 Å². The van der Waals surface area contributed by atoms with Crippen molar-refractivity contribution in [1.29, 1.82) is 0 Å². The van der Waals surface area contributed by atoms with Gasteiger partial charge in [-0.25, -0.2) is 4.98 Å². The molecule has 6 heteroatoms. The first-order valence-electron chi connectivity index (χ1n) is 8.67. The molecule has 0 fully saturated rings. The first-order valence-corrected chi connectivity index (χ1v) is 9.86. The number of fused-ring (bicyclic) bond motifs is 1. The number of thiophene rings is 1. The average molecular weight is 396 g/mol. The van der Waals surface area contributed by atoms with Gasteiger partial charge in [-0.1, -0.05) is 54.1 Å². The van der Waals surface area contributed by atoms with Crippen LogP contribution in [-0.4, -0.2) is 9.97 Å². The van der Waals surface area contributed by atoms with E-state index in [0.29, 0.717) is 22.8 Å². The van der Waals surface area contributed by atoms with Crippen LogP contribution in [0.4, 0.5) is 0 Å². The molecular weight excluding hydrogens is 378 g/mol. The fourth-order valence-electron chi connectivity index (χ4n) is 2.95. The van der Waals surface area contributed by atoms with E-state index in [4.69, 9.17) is 11.6 Å². The summed E-state index contributed by atoms with van der Waals surface area (Å²) in [4.78, 5) is 21.8. The van der Waals surface area contributed by atoms with E-state index in [1.165, 1.54) is 11.3 Å². The zero-order chi connectivity index (χ0) is 18.8. The minimum atomic E-state index is -0.106. The van der Waals surface area contributed by atoms with Crippen molar-refractivity contribution in [3.05, 3.63) is 87.4 Å². The Balaban J connectivity index is 1.57. The predicted molar refractivity (Wildman–Crippen MR) is 112 cm³/mol. The van der Waals surface area contributed by atoms with Crippen molar-refractivity contribution in [2.45, 2.75) is 19.5 Å². The van der Waals surface area contributed by atoms with Crippen molar-refractivity contribution in [2.75, 3.05) is 0 Å². The monoisotopic (exact) mass is 395 g/mol. The maximum absolute atomic E-state index is 12.5. The van der Waals surface area contributed by atoms with E-state index in [9.17, 15) is 4.79 Å². The molecule has 0 aliphatic heterocycles. The normalized spacial score (nSPS) is 12.4. The summed E-state index contributed by atoms with van der Waals surface area (Å²) >= 11 is 7.59. The van der Waals surface area contributed by atoms with Crippen LogP contribution in [-0.2, 0) is 6.54 Å². The summed E-state index contributed by atoms with van der Waals surface area (Å²) in [5.41, 5.74) is 2.08. The van der Waals surface area contributed by atoms with Crippen molar-refractivity contribution in [3.8, 4) is 10.4 Å². The molecule has 0 unspecified atom stereocenters. The molecule has 0 saturated heterocycles. The quantitative estimate of drug-likeness (QED) is 0.491. The maximum atomic E-state index is 12.5. The number of rotatable bonds is 5. The Hall–Kier alpha value is -2.47. The van der Waals surface area contributed by atoms with Crippen molar-refractivity contribution in [1.82, 2.24) is 15.3 Å². The van der Waals surface area contributed by atoms with Crippen molar-refractivity contribution >= 4 is 33.2 Å². The lowest BCUT2D eigenvalue weighted by Gasteiger charge is -2.14. The lowest BCUT2D eigenvalue weighted by Crippen LogP contribution is -2.22. The summed E-state index contributed by atoms with van der Waals surface area (Å²) in [7, 11) is 0. The van der Waals surface area contributed by atoms with Crippen LogP contribution in [0.5, 0.6) is 0 Å². The zero-order valence-corrected chi connectivity index (χ0v) is 16.3. The second-order valence-corrected chi connectivity index (χ2v) is 7.83. The van der Waals surface area contributed by atoms with Gasteiger partial charge in [-0.3, -0.25) is 4.79 Å². The third-order valence-electron chi connectivity index (χ3n) is 4.43. The van der Waals surface area contributed by atoms with Gasteiger partial charge >= 0.3 is 0 Å². The maximum Gasteiger partial charge on any atom is 0.259 e. The van der Waals surface area contributed by atoms with Gasteiger partial charge in [0.25, 0.3) is 5.56 Å². The van der Waals surface area contributed by atoms with Gasteiger partial charge in [-0.15, -0.1) is 11.3 Å². The number of aromatic amines is 1. The van der Waals surface area contributed by atoms with E-state index in [0.717, 1.165) is 20.8 Å². The second kappa shape index (κ2) is 7.64. The number of halogens is 1. The largest absolute Gasteiger partial charge is 0.309 e. The Morgan fingerprint density at radius 2 is 1.96 bits per heavy atom. The number of hydrogen-bond donors (Lipinski definition) is 2. The van der Waals surface area contributed by atoms with Crippen LogP contribution < -0.4 is 10.9 Å². The molecule has 136 valence electrons. The van der Waals surface area contributed by atoms with Crippen LogP contribution in [0.15, 0.2) is 65.5 Å². The number of benzene rings is 2. The molecule has 4 rings (SSSR count). The zero-order valence-electron chi connectivity index (χ0n) is 14.7. The molecule has 0 aliphatic rings. The molecule has 2 aromatic heterocycles. The molecule has 1 atom stereocenters. The minimum absolute atomic E-state index is 0.0907. The molecule has 0 spiro atoms. The molecule has 0 aliphatic carbocycles. The number of hydrogen-bond acceptors (Lipinski definition) is 4. The fraction of sp³-hybridized carbons (Fsp3) is 0.143. The summed E-state index contributed by atoms with van der Waals surface area (Å²) in [6.07, 6.45) is 0. The van der Waals surface area contributed by atoms with Crippen LogP contribution in [0.2, 0.25) is 5.02 Å². The highest BCUT2D eigenvalue weighted by Gasteiger charge is 2.11. The number of H-pyrrole nitrogens is 1. The first kappa shape index (κ1) is 17.9. The first-order chi connectivity index (χ1) is 13.1. The minimum Gasteiger partial charge on any atom is -0.309 e. The van der Waals surface area contributed by atoms with Crippen LogP contribution in [0.1, 0.15) is 24.4 Å². The Morgan fingerprint density at radius 1 is 1.15 bits per heavy atom. The molecule has 0 saturated carbocycles. The van der Waals surface area contributed by atoms with E-state index in [1.807, 2.05) is 60.7 Å². The van der Waals surface area contributed by atoms with Gasteiger partial charge in [0.15, 0.2) is 0 Å². The Morgan fingerprint density at radius 3 is 2.74 bits per heavy atom. The Labute approximate surface area is 165 Å². The van der Waals surface area contributed by atoms with Crippen molar-refractivity contribution in [3.63, 3.8) is 0 Å². The molecule has 4 nitrogen and oxygen atoms in total. The SMILES string of the molecule is C[C@@H](NCc1nc2sc(-c3ccccc3)cc2c(=O)[nH]1)c1cccc(Cl)c1. The lowest BCUT2D eigenvalue weighted by atomic mass is 10.1. The fourth-order valence-corrected chi connectivity index (χ4v) is 4.20. The van der Waals surface area contributed by atoms with Gasteiger partial charge in [-0.05, 0) is 36.2 Å². The topological polar surface area (TPSA) is 57.8 Å². The van der Waals surface area contributed by atoms with Gasteiger partial charge in [0.2, 0.25) is 0 Å². The van der Waals surface area contributed by atoms with E-state index < -0.39 is 0 Å². The summed E-state index contributed by atoms with van der Waals surface area (Å²) in [5.74, 6) is 0.628. The van der Waals surface area contributed by atoms with Crippen LogP contribution in [0.3, 0.4) is 0 Å².